The van der Waals surface area contributed by atoms with E-state index >= 15 is 0 Å². The monoisotopic (exact) mass is 237 g/mol. The Hall–Kier alpha value is -1.01. The smallest absolute Gasteiger partial charge is 0.234 e. The zero-order valence-electron chi connectivity index (χ0n) is 9.26. The summed E-state index contributed by atoms with van der Waals surface area (Å²) < 4.78 is 1.72. The van der Waals surface area contributed by atoms with Crippen LogP contribution in [0.3, 0.4) is 0 Å². The van der Waals surface area contributed by atoms with Crippen molar-refractivity contribution in [1.29, 1.82) is 0 Å². The van der Waals surface area contributed by atoms with Crippen LogP contribution < -0.4 is 5.73 Å². The molecule has 3 rings (SSSR count). The first-order valence-corrected chi connectivity index (χ1v) is 6.45. The predicted octanol–water partition coefficient (Wildman–Crippen LogP) is 1.55. The normalized spacial score (nSPS) is 31.0. The molecule has 0 bridgehead atoms. The molecule has 0 aromatic carbocycles. The fourth-order valence-corrected chi connectivity index (χ4v) is 3.51. The van der Waals surface area contributed by atoms with E-state index in [0.29, 0.717) is 5.92 Å². The van der Waals surface area contributed by atoms with Crippen LogP contribution in [0.2, 0.25) is 0 Å². The van der Waals surface area contributed by atoms with E-state index in [1.807, 2.05) is 0 Å². The lowest BCUT2D eigenvalue weighted by atomic mass is 9.77. The standard InChI is InChI=1S/C10H15N5S/c1-7-3-2-4-10(11,5-7)8-14-15-6-12-13-9(15)16-8/h6-7H,2-5,11H2,1H3. The molecule has 1 aliphatic rings. The van der Waals surface area contributed by atoms with Crippen LogP contribution in [0, 0.1) is 5.92 Å². The summed E-state index contributed by atoms with van der Waals surface area (Å²) in [6, 6.07) is 0. The molecule has 2 aromatic rings. The first-order chi connectivity index (χ1) is 7.67. The van der Waals surface area contributed by atoms with Crippen LogP contribution in [0.4, 0.5) is 0 Å². The molecule has 86 valence electrons. The molecule has 16 heavy (non-hydrogen) atoms. The van der Waals surface area contributed by atoms with Gasteiger partial charge >= 0.3 is 0 Å². The maximum atomic E-state index is 6.48. The van der Waals surface area contributed by atoms with Crippen molar-refractivity contribution >= 4 is 16.3 Å². The Morgan fingerprint density at radius 2 is 2.50 bits per heavy atom. The summed E-state index contributed by atoms with van der Waals surface area (Å²) >= 11 is 1.56. The second-order valence-corrected chi connectivity index (χ2v) is 5.78. The average Bonchev–Trinajstić information content (AvgIpc) is 2.75. The van der Waals surface area contributed by atoms with E-state index in [9.17, 15) is 0 Å². The minimum Gasteiger partial charge on any atom is -0.319 e. The third-order valence-corrected chi connectivity index (χ3v) is 4.48. The summed E-state index contributed by atoms with van der Waals surface area (Å²) in [4.78, 5) is 0.832. The molecule has 2 unspecified atom stereocenters. The van der Waals surface area contributed by atoms with E-state index in [2.05, 4.69) is 22.2 Å². The van der Waals surface area contributed by atoms with Crippen molar-refractivity contribution in [3.63, 3.8) is 0 Å². The number of aromatic nitrogens is 4. The van der Waals surface area contributed by atoms with E-state index in [1.165, 1.54) is 12.8 Å². The van der Waals surface area contributed by atoms with Crippen molar-refractivity contribution in [1.82, 2.24) is 19.8 Å². The van der Waals surface area contributed by atoms with Gasteiger partial charge in [-0.15, -0.1) is 10.2 Å². The molecule has 5 nitrogen and oxygen atoms in total. The number of nitrogens with two attached hydrogens (primary N) is 1. The van der Waals surface area contributed by atoms with Gasteiger partial charge in [0.2, 0.25) is 4.96 Å². The maximum absolute atomic E-state index is 6.48. The quantitative estimate of drug-likeness (QED) is 0.817. The zero-order valence-corrected chi connectivity index (χ0v) is 10.1. The second kappa shape index (κ2) is 3.49. The summed E-state index contributed by atoms with van der Waals surface area (Å²) in [7, 11) is 0. The lowest BCUT2D eigenvalue weighted by Gasteiger charge is -2.34. The first-order valence-electron chi connectivity index (χ1n) is 5.64. The van der Waals surface area contributed by atoms with Gasteiger partial charge in [-0.1, -0.05) is 31.1 Å². The van der Waals surface area contributed by atoms with Crippen LogP contribution in [0.15, 0.2) is 6.33 Å². The lowest BCUT2D eigenvalue weighted by molar-refractivity contribution is 0.237. The van der Waals surface area contributed by atoms with Gasteiger partial charge in [0, 0.05) is 0 Å². The highest BCUT2D eigenvalue weighted by Gasteiger charge is 2.36. The predicted molar refractivity (Wildman–Crippen MR) is 62.2 cm³/mol. The average molecular weight is 237 g/mol. The largest absolute Gasteiger partial charge is 0.319 e. The van der Waals surface area contributed by atoms with Crippen LogP contribution in [-0.2, 0) is 5.54 Å². The number of hydrogen-bond acceptors (Lipinski definition) is 5. The molecular formula is C10H15N5S. The summed E-state index contributed by atoms with van der Waals surface area (Å²) in [6.45, 7) is 2.26. The van der Waals surface area contributed by atoms with Crippen LogP contribution in [0.25, 0.3) is 4.96 Å². The van der Waals surface area contributed by atoms with E-state index in [1.54, 1.807) is 22.2 Å². The molecule has 0 radical (unpaired) electrons. The summed E-state index contributed by atoms with van der Waals surface area (Å²) in [5.41, 5.74) is 6.23. The molecule has 0 saturated heterocycles. The van der Waals surface area contributed by atoms with Crippen molar-refractivity contribution in [2.24, 2.45) is 11.7 Å². The molecule has 1 fully saturated rings. The van der Waals surface area contributed by atoms with Crippen LogP contribution in [0.5, 0.6) is 0 Å². The zero-order chi connectivity index (χ0) is 11.2. The topological polar surface area (TPSA) is 69.1 Å². The van der Waals surface area contributed by atoms with Gasteiger partial charge in [-0.3, -0.25) is 0 Å². The third-order valence-electron chi connectivity index (χ3n) is 3.35. The molecule has 2 aromatic heterocycles. The van der Waals surface area contributed by atoms with Crippen LogP contribution >= 0.6 is 11.3 Å². The van der Waals surface area contributed by atoms with Crippen LogP contribution in [-0.4, -0.2) is 19.8 Å². The van der Waals surface area contributed by atoms with Gasteiger partial charge in [-0.25, -0.2) is 0 Å². The molecule has 6 heteroatoms. The Labute approximate surface area is 97.7 Å². The number of hydrogen-bond donors (Lipinski definition) is 1. The molecule has 2 atom stereocenters. The molecule has 1 saturated carbocycles. The highest BCUT2D eigenvalue weighted by molar-refractivity contribution is 7.16. The number of nitrogens with zero attached hydrogens (tertiary/aromatic N) is 4. The minimum atomic E-state index is -0.247. The second-order valence-electron chi connectivity index (χ2n) is 4.82. The van der Waals surface area contributed by atoms with Gasteiger partial charge in [0.15, 0.2) is 0 Å². The SMILES string of the molecule is CC1CCCC(N)(c2nn3cnnc3s2)C1. The van der Waals surface area contributed by atoms with E-state index in [4.69, 9.17) is 5.73 Å². The number of fused-ring (bicyclic) bond motifs is 1. The van der Waals surface area contributed by atoms with E-state index in [-0.39, 0.29) is 5.54 Å². The highest BCUT2D eigenvalue weighted by Crippen LogP contribution is 2.39. The van der Waals surface area contributed by atoms with Crippen molar-refractivity contribution in [2.75, 3.05) is 0 Å². The van der Waals surface area contributed by atoms with Crippen molar-refractivity contribution in [2.45, 2.75) is 38.1 Å². The lowest BCUT2D eigenvalue weighted by Crippen LogP contribution is -2.41. The van der Waals surface area contributed by atoms with E-state index in [0.717, 1.165) is 22.8 Å². The Morgan fingerprint density at radius 1 is 1.62 bits per heavy atom. The van der Waals surface area contributed by atoms with Crippen molar-refractivity contribution in [3.8, 4) is 0 Å². The molecule has 2 heterocycles. The molecule has 0 aliphatic heterocycles. The maximum Gasteiger partial charge on any atom is 0.234 e. The molecule has 0 amide bonds. The van der Waals surface area contributed by atoms with Gasteiger partial charge < -0.3 is 5.73 Å². The fourth-order valence-electron chi connectivity index (χ4n) is 2.55. The third kappa shape index (κ3) is 1.53. The van der Waals surface area contributed by atoms with Gasteiger partial charge in [-0.2, -0.15) is 9.61 Å². The molecule has 1 aliphatic carbocycles. The molecular weight excluding hydrogens is 222 g/mol. The summed E-state index contributed by atoms with van der Waals surface area (Å²) in [6.07, 6.45) is 6.16. The molecule has 2 N–H and O–H groups in total. The van der Waals surface area contributed by atoms with E-state index < -0.39 is 0 Å². The Bertz CT molecular complexity index is 476. The van der Waals surface area contributed by atoms with Crippen molar-refractivity contribution < 1.29 is 0 Å². The van der Waals surface area contributed by atoms with Crippen molar-refractivity contribution in [3.05, 3.63) is 11.3 Å². The Kier molecular flexibility index (Phi) is 2.22. The van der Waals surface area contributed by atoms with Crippen LogP contribution in [0.1, 0.15) is 37.6 Å². The fraction of sp³-hybridized carbons (Fsp3) is 0.700. The van der Waals surface area contributed by atoms with Gasteiger partial charge in [0.25, 0.3) is 0 Å². The minimum absolute atomic E-state index is 0.247. The molecule has 0 spiro atoms. The summed E-state index contributed by atoms with van der Waals surface area (Å²) in [5, 5.41) is 13.3. The Balaban J connectivity index is 1.98. The van der Waals surface area contributed by atoms with Gasteiger partial charge in [0.05, 0.1) is 5.54 Å². The highest BCUT2D eigenvalue weighted by atomic mass is 32.1. The van der Waals surface area contributed by atoms with Gasteiger partial charge in [0.1, 0.15) is 11.3 Å². The number of rotatable bonds is 1. The summed E-state index contributed by atoms with van der Waals surface area (Å²) in [5.74, 6) is 0.688. The van der Waals surface area contributed by atoms with Gasteiger partial charge in [-0.05, 0) is 18.8 Å². The Morgan fingerprint density at radius 3 is 3.25 bits per heavy atom. The first kappa shape index (κ1) is 10.2.